The number of likely N-dealkylation sites (tertiary alicyclic amines) is 1. The van der Waals surface area contributed by atoms with Gasteiger partial charge in [0.25, 0.3) is 0 Å². The summed E-state index contributed by atoms with van der Waals surface area (Å²) in [5.74, 6) is -1.91. The van der Waals surface area contributed by atoms with Crippen molar-refractivity contribution in [2.45, 2.75) is 13.3 Å². The lowest BCUT2D eigenvalue weighted by Crippen LogP contribution is -2.72. The Morgan fingerprint density at radius 1 is 1.14 bits per heavy atom. The first-order valence-electron chi connectivity index (χ1n) is 8.66. The summed E-state index contributed by atoms with van der Waals surface area (Å²) >= 11 is 0. The molecule has 0 unspecified atom stereocenters. The van der Waals surface area contributed by atoms with Crippen LogP contribution in [0.25, 0.3) is 11.3 Å². The number of hydrogen-bond acceptors (Lipinski definition) is 4. The van der Waals surface area contributed by atoms with Crippen LogP contribution in [-0.4, -0.2) is 48.3 Å². The second-order valence-electron chi connectivity index (χ2n) is 7.32. The molecule has 2 saturated heterocycles. The van der Waals surface area contributed by atoms with Crippen molar-refractivity contribution in [3.8, 4) is 17.0 Å². The molecule has 3 heterocycles. The van der Waals surface area contributed by atoms with E-state index >= 15 is 0 Å². The van der Waals surface area contributed by atoms with Gasteiger partial charge < -0.3 is 14.5 Å². The molecule has 1 aromatic carbocycles. The second-order valence-corrected chi connectivity index (χ2v) is 7.32. The van der Waals surface area contributed by atoms with Crippen LogP contribution >= 0.6 is 0 Å². The van der Waals surface area contributed by atoms with E-state index in [1.807, 2.05) is 11.0 Å². The number of aromatic nitrogens is 1. The number of hydrogen-bond donors (Lipinski definition) is 0. The highest BCUT2D eigenvalue weighted by atomic mass is 19.4. The molecule has 5 nitrogen and oxygen atoms in total. The quantitative estimate of drug-likeness (QED) is 0.747. The van der Waals surface area contributed by atoms with E-state index in [-0.39, 0.29) is 11.3 Å². The van der Waals surface area contributed by atoms with Gasteiger partial charge in [-0.1, -0.05) is 0 Å². The van der Waals surface area contributed by atoms with Gasteiger partial charge in [-0.05, 0) is 30.3 Å². The van der Waals surface area contributed by atoms with Gasteiger partial charge in [0.05, 0.1) is 5.69 Å². The Kier molecular flexibility index (Phi) is 4.20. The van der Waals surface area contributed by atoms with Gasteiger partial charge in [0.15, 0.2) is 11.6 Å². The Morgan fingerprint density at radius 2 is 1.86 bits per heavy atom. The highest BCUT2D eigenvalue weighted by Gasteiger charge is 2.52. The predicted octanol–water partition coefficient (Wildman–Crippen LogP) is 3.45. The summed E-state index contributed by atoms with van der Waals surface area (Å²) in [7, 11) is 0. The van der Waals surface area contributed by atoms with Crippen LogP contribution in [0.4, 0.5) is 23.2 Å². The van der Waals surface area contributed by atoms with Gasteiger partial charge in [-0.2, -0.15) is 0 Å². The van der Waals surface area contributed by atoms with Gasteiger partial charge in [0, 0.05) is 56.0 Å². The number of anilines is 1. The number of ether oxygens (including phenoxy) is 1. The SMILES string of the molecule is CC(=O)N1CC2(C1)CN(c1ccnc(-c3ccc(OC(F)(F)F)c(F)c3)c1)C2. The van der Waals surface area contributed by atoms with Crippen molar-refractivity contribution in [2.24, 2.45) is 5.41 Å². The van der Waals surface area contributed by atoms with E-state index in [1.165, 1.54) is 6.07 Å². The van der Waals surface area contributed by atoms with E-state index < -0.39 is 17.9 Å². The number of carbonyl (C=O) groups is 1. The third kappa shape index (κ3) is 3.48. The van der Waals surface area contributed by atoms with Crippen LogP contribution in [0.2, 0.25) is 0 Å². The fourth-order valence-corrected chi connectivity index (χ4v) is 3.77. The maximum atomic E-state index is 14.0. The highest BCUT2D eigenvalue weighted by Crippen LogP contribution is 2.42. The Balaban J connectivity index is 1.46. The third-order valence-electron chi connectivity index (χ3n) is 5.11. The Hall–Kier alpha value is -2.84. The lowest BCUT2D eigenvalue weighted by molar-refractivity contribution is -0.275. The topological polar surface area (TPSA) is 45.7 Å². The summed E-state index contributed by atoms with van der Waals surface area (Å²) in [4.78, 5) is 19.5. The molecule has 2 aliphatic rings. The fourth-order valence-electron chi connectivity index (χ4n) is 3.77. The maximum Gasteiger partial charge on any atom is 0.573 e. The molecule has 2 fully saturated rings. The Bertz CT molecular complexity index is 918. The average Bonchev–Trinajstić information content (AvgIpc) is 2.53. The molecule has 2 aliphatic heterocycles. The second kappa shape index (κ2) is 6.35. The Labute approximate surface area is 158 Å². The monoisotopic (exact) mass is 395 g/mol. The molecule has 0 saturated carbocycles. The van der Waals surface area contributed by atoms with E-state index in [0.29, 0.717) is 11.3 Å². The van der Waals surface area contributed by atoms with E-state index in [0.717, 1.165) is 44.0 Å². The number of halogens is 4. The summed E-state index contributed by atoms with van der Waals surface area (Å²) in [6.07, 6.45) is -3.37. The molecule has 2 aromatic rings. The molecule has 4 rings (SSSR count). The van der Waals surface area contributed by atoms with Crippen molar-refractivity contribution in [3.63, 3.8) is 0 Å². The van der Waals surface area contributed by atoms with Crippen LogP contribution in [0.15, 0.2) is 36.5 Å². The normalized spacial score (nSPS) is 17.9. The number of alkyl halides is 3. The number of rotatable bonds is 3. The molecule has 1 aromatic heterocycles. The van der Waals surface area contributed by atoms with Crippen LogP contribution < -0.4 is 9.64 Å². The van der Waals surface area contributed by atoms with Crippen molar-refractivity contribution < 1.29 is 27.1 Å². The summed E-state index contributed by atoms with van der Waals surface area (Å²) in [5.41, 5.74) is 1.84. The molecule has 0 bridgehead atoms. The van der Waals surface area contributed by atoms with Crippen molar-refractivity contribution in [1.29, 1.82) is 0 Å². The van der Waals surface area contributed by atoms with E-state index in [2.05, 4.69) is 14.6 Å². The summed E-state index contributed by atoms with van der Waals surface area (Å²) < 4.78 is 54.4. The first kappa shape index (κ1) is 18.5. The molecule has 0 radical (unpaired) electrons. The van der Waals surface area contributed by atoms with Gasteiger partial charge in [0.1, 0.15) is 0 Å². The first-order chi connectivity index (χ1) is 13.1. The maximum absolute atomic E-state index is 14.0. The minimum absolute atomic E-state index is 0.0789. The minimum atomic E-state index is -4.95. The van der Waals surface area contributed by atoms with Crippen LogP contribution in [-0.2, 0) is 4.79 Å². The lowest BCUT2D eigenvalue weighted by atomic mass is 9.72. The zero-order chi connectivity index (χ0) is 20.1. The predicted molar refractivity (Wildman–Crippen MR) is 93.2 cm³/mol. The van der Waals surface area contributed by atoms with Gasteiger partial charge in [0.2, 0.25) is 5.91 Å². The van der Waals surface area contributed by atoms with Crippen LogP contribution in [0.5, 0.6) is 5.75 Å². The number of carbonyl (C=O) groups excluding carboxylic acids is 1. The fraction of sp³-hybridized carbons (Fsp3) is 0.368. The van der Waals surface area contributed by atoms with E-state index in [9.17, 15) is 22.4 Å². The highest BCUT2D eigenvalue weighted by molar-refractivity contribution is 5.75. The minimum Gasteiger partial charge on any atom is -0.403 e. The zero-order valence-corrected chi connectivity index (χ0v) is 15.0. The molecule has 0 atom stereocenters. The molecular weight excluding hydrogens is 378 g/mol. The third-order valence-corrected chi connectivity index (χ3v) is 5.11. The van der Waals surface area contributed by atoms with Crippen molar-refractivity contribution in [2.75, 3.05) is 31.1 Å². The van der Waals surface area contributed by atoms with Crippen LogP contribution in [0, 0.1) is 11.2 Å². The zero-order valence-electron chi connectivity index (χ0n) is 15.0. The van der Waals surface area contributed by atoms with Crippen molar-refractivity contribution in [1.82, 2.24) is 9.88 Å². The Morgan fingerprint density at radius 3 is 2.46 bits per heavy atom. The number of pyridine rings is 1. The van der Waals surface area contributed by atoms with Gasteiger partial charge in [-0.15, -0.1) is 13.2 Å². The largest absolute Gasteiger partial charge is 0.573 e. The molecule has 1 spiro atoms. The summed E-state index contributed by atoms with van der Waals surface area (Å²) in [6.45, 7) is 4.69. The smallest absolute Gasteiger partial charge is 0.403 e. The first-order valence-corrected chi connectivity index (χ1v) is 8.66. The van der Waals surface area contributed by atoms with Gasteiger partial charge in [-0.3, -0.25) is 9.78 Å². The van der Waals surface area contributed by atoms with Crippen LogP contribution in [0.3, 0.4) is 0 Å². The molecule has 0 N–H and O–H groups in total. The number of nitrogens with zero attached hydrogens (tertiary/aromatic N) is 3. The van der Waals surface area contributed by atoms with Crippen LogP contribution in [0.1, 0.15) is 6.92 Å². The van der Waals surface area contributed by atoms with Gasteiger partial charge in [-0.25, -0.2) is 4.39 Å². The number of benzene rings is 1. The van der Waals surface area contributed by atoms with E-state index in [4.69, 9.17) is 0 Å². The molecular formula is C19H17F4N3O2. The lowest BCUT2D eigenvalue weighted by Gasteiger charge is -2.60. The summed E-state index contributed by atoms with van der Waals surface area (Å²) in [5, 5.41) is 0. The van der Waals surface area contributed by atoms with E-state index in [1.54, 1.807) is 19.2 Å². The molecule has 1 amide bonds. The standard InChI is InChI=1S/C19H17F4N3O2/c1-12(27)25-8-18(9-25)10-26(11-18)14-4-5-24-16(7-14)13-2-3-17(15(20)6-13)28-19(21,22)23/h2-7H,8-11H2,1H3. The molecule has 148 valence electrons. The summed E-state index contributed by atoms with van der Waals surface area (Å²) in [6, 6.07) is 6.85. The molecule has 9 heteroatoms. The van der Waals surface area contributed by atoms with Gasteiger partial charge >= 0.3 is 6.36 Å². The average molecular weight is 395 g/mol. The van der Waals surface area contributed by atoms with Crippen molar-refractivity contribution >= 4 is 11.6 Å². The number of amides is 1. The van der Waals surface area contributed by atoms with Crippen molar-refractivity contribution in [3.05, 3.63) is 42.3 Å². The molecule has 28 heavy (non-hydrogen) atoms. The molecule has 0 aliphatic carbocycles.